The van der Waals surface area contributed by atoms with Gasteiger partial charge in [0.2, 0.25) is 0 Å². The maximum atomic E-state index is 9.45. The van der Waals surface area contributed by atoms with Crippen LogP contribution >= 0.6 is 0 Å². The molecular formula is C12H20N2O. The first-order valence-electron chi connectivity index (χ1n) is 6.05. The Bertz CT molecular complexity index is 255. The highest BCUT2D eigenvalue weighted by Gasteiger charge is 2.43. The van der Waals surface area contributed by atoms with Gasteiger partial charge in [-0.1, -0.05) is 13.3 Å². The highest BCUT2D eigenvalue weighted by atomic mass is 16.5. The number of hydrogen-bond donors (Lipinski definition) is 0. The molecule has 1 aliphatic carbocycles. The average Bonchev–Trinajstić information content (AvgIpc) is 2.75. The Kier molecular flexibility index (Phi) is 3.28. The van der Waals surface area contributed by atoms with E-state index in [1.807, 2.05) is 0 Å². The molecule has 2 fully saturated rings. The van der Waals surface area contributed by atoms with E-state index >= 15 is 0 Å². The monoisotopic (exact) mass is 208 g/mol. The molecule has 2 atom stereocenters. The van der Waals surface area contributed by atoms with Crippen molar-refractivity contribution in [1.29, 1.82) is 5.26 Å². The number of nitrogens with zero attached hydrogens (tertiary/aromatic N) is 2. The van der Waals surface area contributed by atoms with Gasteiger partial charge in [-0.25, -0.2) is 0 Å². The predicted molar refractivity (Wildman–Crippen MR) is 58.4 cm³/mol. The van der Waals surface area contributed by atoms with E-state index in [9.17, 15) is 5.26 Å². The quantitative estimate of drug-likeness (QED) is 0.694. The fourth-order valence-electron chi connectivity index (χ4n) is 2.92. The fourth-order valence-corrected chi connectivity index (χ4v) is 2.92. The van der Waals surface area contributed by atoms with Crippen molar-refractivity contribution in [3.05, 3.63) is 0 Å². The lowest BCUT2D eigenvalue weighted by Crippen LogP contribution is -2.51. The molecule has 1 saturated heterocycles. The minimum absolute atomic E-state index is 0.162. The second-order valence-electron chi connectivity index (χ2n) is 4.76. The minimum Gasteiger partial charge on any atom is -0.379 e. The number of hydrogen-bond acceptors (Lipinski definition) is 3. The van der Waals surface area contributed by atoms with E-state index in [1.165, 1.54) is 12.8 Å². The zero-order valence-corrected chi connectivity index (χ0v) is 9.54. The van der Waals surface area contributed by atoms with Gasteiger partial charge in [-0.05, 0) is 25.2 Å². The van der Waals surface area contributed by atoms with Gasteiger partial charge in [0.15, 0.2) is 0 Å². The molecule has 3 nitrogen and oxygen atoms in total. The van der Waals surface area contributed by atoms with E-state index in [1.54, 1.807) is 0 Å². The van der Waals surface area contributed by atoms with E-state index in [4.69, 9.17) is 4.74 Å². The predicted octanol–water partition coefficient (Wildman–Crippen LogP) is 1.79. The number of rotatable bonds is 2. The van der Waals surface area contributed by atoms with Crippen LogP contribution in [0.4, 0.5) is 0 Å². The number of nitriles is 1. The minimum atomic E-state index is -0.162. The molecule has 0 spiro atoms. The van der Waals surface area contributed by atoms with E-state index in [0.29, 0.717) is 0 Å². The van der Waals surface area contributed by atoms with Crippen LogP contribution in [0.1, 0.15) is 32.6 Å². The van der Waals surface area contributed by atoms with Crippen LogP contribution in [0.15, 0.2) is 0 Å². The summed E-state index contributed by atoms with van der Waals surface area (Å²) in [5.74, 6) is 0.757. The lowest BCUT2D eigenvalue weighted by atomic mass is 9.94. The molecule has 0 N–H and O–H groups in total. The molecule has 15 heavy (non-hydrogen) atoms. The molecule has 0 aromatic carbocycles. The van der Waals surface area contributed by atoms with Gasteiger partial charge in [0, 0.05) is 13.1 Å². The molecule has 0 aromatic heterocycles. The van der Waals surface area contributed by atoms with E-state index in [0.717, 1.165) is 45.1 Å². The topological polar surface area (TPSA) is 36.3 Å². The maximum absolute atomic E-state index is 9.45. The molecule has 84 valence electrons. The Labute approximate surface area is 92.0 Å². The molecule has 1 heterocycles. The van der Waals surface area contributed by atoms with Gasteiger partial charge in [-0.3, -0.25) is 4.90 Å². The molecule has 0 amide bonds. The Morgan fingerprint density at radius 3 is 2.73 bits per heavy atom. The first-order valence-corrected chi connectivity index (χ1v) is 6.05. The molecular weight excluding hydrogens is 188 g/mol. The first-order chi connectivity index (χ1) is 7.30. The normalized spacial score (nSPS) is 37.7. The Morgan fingerprint density at radius 2 is 2.20 bits per heavy atom. The van der Waals surface area contributed by atoms with Crippen LogP contribution in [-0.2, 0) is 4.74 Å². The summed E-state index contributed by atoms with van der Waals surface area (Å²) >= 11 is 0. The van der Waals surface area contributed by atoms with Gasteiger partial charge in [-0.15, -0.1) is 0 Å². The lowest BCUT2D eigenvalue weighted by molar-refractivity contribution is -0.00272. The summed E-state index contributed by atoms with van der Waals surface area (Å²) in [5.41, 5.74) is -0.162. The number of ether oxygens (including phenoxy) is 1. The molecule has 1 aliphatic heterocycles. The fraction of sp³-hybridized carbons (Fsp3) is 0.917. The van der Waals surface area contributed by atoms with Gasteiger partial charge in [0.25, 0.3) is 0 Å². The van der Waals surface area contributed by atoms with Crippen molar-refractivity contribution in [1.82, 2.24) is 4.90 Å². The molecule has 2 unspecified atom stereocenters. The van der Waals surface area contributed by atoms with Crippen molar-refractivity contribution >= 4 is 0 Å². The Hall–Kier alpha value is -0.590. The largest absolute Gasteiger partial charge is 0.379 e. The van der Waals surface area contributed by atoms with Crippen LogP contribution in [0.3, 0.4) is 0 Å². The van der Waals surface area contributed by atoms with Crippen LogP contribution in [0.2, 0.25) is 0 Å². The Balaban J connectivity index is 2.05. The summed E-state index contributed by atoms with van der Waals surface area (Å²) in [6, 6.07) is 2.58. The summed E-state index contributed by atoms with van der Waals surface area (Å²) in [6.07, 6.45) is 4.57. The highest BCUT2D eigenvalue weighted by Crippen LogP contribution is 2.40. The summed E-state index contributed by atoms with van der Waals surface area (Å²) in [7, 11) is 0. The second-order valence-corrected chi connectivity index (χ2v) is 4.76. The van der Waals surface area contributed by atoms with Crippen molar-refractivity contribution in [2.45, 2.75) is 38.1 Å². The summed E-state index contributed by atoms with van der Waals surface area (Å²) in [5, 5.41) is 9.45. The molecule has 2 rings (SSSR count). The summed E-state index contributed by atoms with van der Waals surface area (Å²) in [6.45, 7) is 5.69. The number of morpholine rings is 1. The van der Waals surface area contributed by atoms with Gasteiger partial charge < -0.3 is 4.74 Å². The molecule has 3 heteroatoms. The van der Waals surface area contributed by atoms with E-state index < -0.39 is 0 Å². The molecule has 0 bridgehead atoms. The van der Waals surface area contributed by atoms with Gasteiger partial charge in [0.1, 0.15) is 5.54 Å². The van der Waals surface area contributed by atoms with Crippen LogP contribution in [0.5, 0.6) is 0 Å². The van der Waals surface area contributed by atoms with Gasteiger partial charge in [-0.2, -0.15) is 5.26 Å². The third-order valence-electron chi connectivity index (χ3n) is 3.99. The first kappa shape index (κ1) is 10.9. The third kappa shape index (κ3) is 2.02. The van der Waals surface area contributed by atoms with Crippen LogP contribution in [0, 0.1) is 17.2 Å². The van der Waals surface area contributed by atoms with Crippen LogP contribution < -0.4 is 0 Å². The van der Waals surface area contributed by atoms with Gasteiger partial charge >= 0.3 is 0 Å². The summed E-state index contributed by atoms with van der Waals surface area (Å²) in [4.78, 5) is 2.35. The smallest absolute Gasteiger partial charge is 0.109 e. The van der Waals surface area contributed by atoms with E-state index in [2.05, 4.69) is 17.9 Å². The highest BCUT2D eigenvalue weighted by molar-refractivity contribution is 5.12. The SMILES string of the molecule is CCC1CCC(C#N)(N2CCOCC2)C1. The van der Waals surface area contributed by atoms with Crippen molar-refractivity contribution in [2.75, 3.05) is 26.3 Å². The summed E-state index contributed by atoms with van der Waals surface area (Å²) < 4.78 is 5.35. The molecule has 0 aromatic rings. The lowest BCUT2D eigenvalue weighted by Gasteiger charge is -2.38. The standard InChI is InChI=1S/C12H20N2O/c1-2-11-3-4-12(9-11,10-13)14-5-7-15-8-6-14/h11H,2-9H2,1H3. The van der Waals surface area contributed by atoms with Crippen molar-refractivity contribution in [3.8, 4) is 6.07 Å². The second kappa shape index (κ2) is 4.51. The van der Waals surface area contributed by atoms with Gasteiger partial charge in [0.05, 0.1) is 19.3 Å². The van der Waals surface area contributed by atoms with Crippen LogP contribution in [-0.4, -0.2) is 36.7 Å². The van der Waals surface area contributed by atoms with Crippen molar-refractivity contribution < 1.29 is 4.74 Å². The Morgan fingerprint density at radius 1 is 1.47 bits per heavy atom. The molecule has 0 radical (unpaired) electrons. The maximum Gasteiger partial charge on any atom is 0.109 e. The third-order valence-corrected chi connectivity index (χ3v) is 3.99. The van der Waals surface area contributed by atoms with E-state index in [-0.39, 0.29) is 5.54 Å². The molecule has 1 saturated carbocycles. The molecule has 2 aliphatic rings. The van der Waals surface area contributed by atoms with Crippen LogP contribution in [0.25, 0.3) is 0 Å². The zero-order chi connectivity index (χ0) is 10.7. The van der Waals surface area contributed by atoms with Crippen molar-refractivity contribution in [3.63, 3.8) is 0 Å². The average molecular weight is 208 g/mol. The van der Waals surface area contributed by atoms with Crippen molar-refractivity contribution in [2.24, 2.45) is 5.92 Å². The zero-order valence-electron chi connectivity index (χ0n) is 9.54.